The maximum Gasteiger partial charge on any atom is -0.00987 e. The Labute approximate surface area is 218 Å². The van der Waals surface area contributed by atoms with Crippen molar-refractivity contribution in [2.24, 2.45) is 0 Å². The molecular formula is C36H40. The largest absolute Gasteiger partial charge is 0.0654 e. The van der Waals surface area contributed by atoms with Crippen LogP contribution in [0, 0.1) is 6.92 Å². The summed E-state index contributed by atoms with van der Waals surface area (Å²) in [4.78, 5) is 0. The van der Waals surface area contributed by atoms with Gasteiger partial charge in [0.2, 0.25) is 0 Å². The van der Waals surface area contributed by atoms with E-state index in [2.05, 4.69) is 132 Å². The zero-order chi connectivity index (χ0) is 25.5. The minimum Gasteiger partial charge on any atom is -0.0654 e. The van der Waals surface area contributed by atoms with E-state index in [4.69, 9.17) is 0 Å². The van der Waals surface area contributed by atoms with Crippen LogP contribution >= 0.6 is 0 Å². The number of benzene rings is 5. The Morgan fingerprint density at radius 1 is 0.528 bits per heavy atom. The summed E-state index contributed by atoms with van der Waals surface area (Å²) in [5, 5.41) is 5.21. The number of fused-ring (bicyclic) bond motifs is 2. The summed E-state index contributed by atoms with van der Waals surface area (Å²) < 4.78 is 0. The van der Waals surface area contributed by atoms with Gasteiger partial charge in [-0.1, -0.05) is 138 Å². The Balaban J connectivity index is 0.000000709. The molecule has 0 amide bonds. The van der Waals surface area contributed by atoms with E-state index < -0.39 is 0 Å². The minimum atomic E-state index is 0.648. The molecule has 0 fully saturated rings. The fraction of sp³-hybridized carbons (Fsp3) is 0.278. The fourth-order valence-corrected chi connectivity index (χ4v) is 5.28. The third kappa shape index (κ3) is 5.24. The van der Waals surface area contributed by atoms with Crippen molar-refractivity contribution in [3.63, 3.8) is 0 Å². The first kappa shape index (κ1) is 25.7. The zero-order valence-corrected chi connectivity index (χ0v) is 22.6. The molecule has 36 heavy (non-hydrogen) atoms. The molecule has 0 radical (unpaired) electrons. The number of rotatable bonds is 6. The van der Waals surface area contributed by atoms with Crippen molar-refractivity contribution in [3.05, 3.63) is 108 Å². The minimum absolute atomic E-state index is 0.648. The van der Waals surface area contributed by atoms with Crippen LogP contribution in [0.25, 0.3) is 43.8 Å². The fourth-order valence-electron chi connectivity index (χ4n) is 5.28. The first-order valence-corrected chi connectivity index (χ1v) is 13.7. The average Bonchev–Trinajstić information content (AvgIpc) is 2.94. The van der Waals surface area contributed by atoms with E-state index >= 15 is 0 Å². The lowest BCUT2D eigenvalue weighted by molar-refractivity contribution is 0.638. The van der Waals surface area contributed by atoms with Gasteiger partial charge in [0.15, 0.2) is 0 Å². The smallest absolute Gasteiger partial charge is 0.00987 e. The predicted octanol–water partition coefficient (Wildman–Crippen LogP) is 11.3. The highest BCUT2D eigenvalue weighted by molar-refractivity contribution is 6.09. The summed E-state index contributed by atoms with van der Waals surface area (Å²) in [5.74, 6) is 0.648. The second kappa shape index (κ2) is 12.0. The Morgan fingerprint density at radius 3 is 1.72 bits per heavy atom. The summed E-state index contributed by atoms with van der Waals surface area (Å²) in [5.41, 5.74) is 8.10. The molecule has 0 atom stereocenters. The molecule has 0 heteroatoms. The second-order valence-corrected chi connectivity index (χ2v) is 9.82. The SMILES string of the molecule is CCC(CC)c1ccc(-c2ccc(-c3cccc4ccccc34)c3ccccc23)cc1C.CCCC. The van der Waals surface area contributed by atoms with Crippen LogP contribution < -0.4 is 0 Å². The van der Waals surface area contributed by atoms with Crippen LogP contribution in [0.15, 0.2) is 97.1 Å². The van der Waals surface area contributed by atoms with Gasteiger partial charge in [0.05, 0.1) is 0 Å². The maximum atomic E-state index is 2.38. The molecule has 0 bridgehead atoms. The van der Waals surface area contributed by atoms with Gasteiger partial charge < -0.3 is 0 Å². The van der Waals surface area contributed by atoms with Gasteiger partial charge in [0.1, 0.15) is 0 Å². The van der Waals surface area contributed by atoms with Gasteiger partial charge in [-0.15, -0.1) is 0 Å². The summed E-state index contributed by atoms with van der Waals surface area (Å²) in [6.07, 6.45) is 5.03. The quantitative estimate of drug-likeness (QED) is 0.230. The molecule has 0 N–H and O–H groups in total. The van der Waals surface area contributed by atoms with Crippen molar-refractivity contribution in [1.29, 1.82) is 0 Å². The molecule has 0 nitrogen and oxygen atoms in total. The average molecular weight is 473 g/mol. The Hall–Kier alpha value is -3.38. The molecule has 0 saturated carbocycles. The number of hydrogen-bond acceptors (Lipinski definition) is 0. The van der Waals surface area contributed by atoms with Crippen molar-refractivity contribution < 1.29 is 0 Å². The van der Waals surface area contributed by atoms with Crippen LogP contribution in [0.1, 0.15) is 70.4 Å². The molecule has 0 aliphatic carbocycles. The molecule has 5 aromatic carbocycles. The topological polar surface area (TPSA) is 0 Å². The van der Waals surface area contributed by atoms with E-state index in [1.165, 1.54) is 80.6 Å². The predicted molar refractivity (Wildman–Crippen MR) is 161 cm³/mol. The summed E-state index contributed by atoms with van der Waals surface area (Å²) in [6.45, 7) is 11.2. The van der Waals surface area contributed by atoms with Crippen LogP contribution in [0.2, 0.25) is 0 Å². The van der Waals surface area contributed by atoms with Crippen LogP contribution in [0.3, 0.4) is 0 Å². The second-order valence-electron chi connectivity index (χ2n) is 9.82. The van der Waals surface area contributed by atoms with Crippen molar-refractivity contribution in [2.75, 3.05) is 0 Å². The van der Waals surface area contributed by atoms with Gasteiger partial charge in [-0.25, -0.2) is 0 Å². The Bertz CT molecular complexity index is 1430. The third-order valence-electron chi connectivity index (χ3n) is 7.51. The standard InChI is InChI=1S/C32H30.C4H10/c1-4-23(5-2)26-18-17-25(21-22(26)3)28-19-20-32(31-15-9-8-14-29(28)31)30-16-10-12-24-11-6-7-13-27(24)30;1-3-4-2/h6-21,23H,4-5H2,1-3H3;3-4H2,1-2H3. The molecule has 5 aromatic rings. The lowest BCUT2D eigenvalue weighted by atomic mass is 9.86. The highest BCUT2D eigenvalue weighted by Gasteiger charge is 2.14. The van der Waals surface area contributed by atoms with Crippen molar-refractivity contribution >= 4 is 21.5 Å². The zero-order valence-electron chi connectivity index (χ0n) is 22.6. The number of unbranched alkanes of at least 4 members (excludes halogenated alkanes) is 1. The van der Waals surface area contributed by atoms with E-state index in [9.17, 15) is 0 Å². The van der Waals surface area contributed by atoms with Gasteiger partial charge in [-0.05, 0) is 80.6 Å². The van der Waals surface area contributed by atoms with Gasteiger partial charge in [0.25, 0.3) is 0 Å². The highest BCUT2D eigenvalue weighted by atomic mass is 14.2. The number of hydrogen-bond donors (Lipinski definition) is 0. The van der Waals surface area contributed by atoms with Gasteiger partial charge in [0, 0.05) is 0 Å². The monoisotopic (exact) mass is 472 g/mol. The molecule has 0 aromatic heterocycles. The van der Waals surface area contributed by atoms with E-state index in [1.54, 1.807) is 0 Å². The molecule has 0 spiro atoms. The van der Waals surface area contributed by atoms with Crippen molar-refractivity contribution in [3.8, 4) is 22.3 Å². The number of aryl methyl sites for hydroxylation is 1. The van der Waals surface area contributed by atoms with Gasteiger partial charge in [-0.3, -0.25) is 0 Å². The maximum absolute atomic E-state index is 2.38. The van der Waals surface area contributed by atoms with Gasteiger partial charge in [-0.2, -0.15) is 0 Å². The van der Waals surface area contributed by atoms with E-state index in [0.717, 1.165) is 0 Å². The molecule has 0 unspecified atom stereocenters. The van der Waals surface area contributed by atoms with Crippen LogP contribution in [0.4, 0.5) is 0 Å². The lowest BCUT2D eigenvalue weighted by Gasteiger charge is -2.18. The lowest BCUT2D eigenvalue weighted by Crippen LogP contribution is -1.98. The van der Waals surface area contributed by atoms with E-state index in [-0.39, 0.29) is 0 Å². The molecule has 0 aliphatic rings. The normalized spacial score (nSPS) is 11.1. The first-order chi connectivity index (χ1) is 17.6. The molecule has 0 heterocycles. The molecule has 0 saturated heterocycles. The van der Waals surface area contributed by atoms with Crippen LogP contribution in [-0.2, 0) is 0 Å². The summed E-state index contributed by atoms with van der Waals surface area (Å²) in [6, 6.07) is 35.8. The van der Waals surface area contributed by atoms with Gasteiger partial charge >= 0.3 is 0 Å². The van der Waals surface area contributed by atoms with Crippen LogP contribution in [-0.4, -0.2) is 0 Å². The van der Waals surface area contributed by atoms with E-state index in [0.29, 0.717) is 5.92 Å². The third-order valence-corrected chi connectivity index (χ3v) is 7.51. The summed E-state index contributed by atoms with van der Waals surface area (Å²) >= 11 is 0. The highest BCUT2D eigenvalue weighted by Crippen LogP contribution is 2.39. The Morgan fingerprint density at radius 2 is 1.08 bits per heavy atom. The van der Waals surface area contributed by atoms with Crippen LogP contribution in [0.5, 0.6) is 0 Å². The van der Waals surface area contributed by atoms with E-state index in [1.807, 2.05) is 0 Å². The van der Waals surface area contributed by atoms with Crippen molar-refractivity contribution in [1.82, 2.24) is 0 Å². The molecule has 184 valence electrons. The molecule has 0 aliphatic heterocycles. The Kier molecular flexibility index (Phi) is 8.60. The first-order valence-electron chi connectivity index (χ1n) is 13.7. The van der Waals surface area contributed by atoms with Crippen molar-refractivity contribution in [2.45, 2.75) is 66.2 Å². The molecule has 5 rings (SSSR count). The molecular weight excluding hydrogens is 432 g/mol. The summed E-state index contributed by atoms with van der Waals surface area (Å²) in [7, 11) is 0.